The molecule has 234 valence electrons. The summed E-state index contributed by atoms with van der Waals surface area (Å²) in [6.45, 7) is 6.00. The Morgan fingerprint density at radius 3 is 2.17 bits per heavy atom. The predicted octanol–water partition coefficient (Wildman–Crippen LogP) is 8.18. The molecular weight excluding hydrogens is 598 g/mol. The lowest BCUT2D eigenvalue weighted by molar-refractivity contribution is 0.102. The number of carbonyl (C=O) groups is 1. The van der Waals surface area contributed by atoms with Crippen LogP contribution in [0.2, 0.25) is 0 Å². The van der Waals surface area contributed by atoms with Crippen molar-refractivity contribution in [2.24, 2.45) is 0 Å². The van der Waals surface area contributed by atoms with Gasteiger partial charge in [0.05, 0.1) is 16.5 Å². The van der Waals surface area contributed by atoms with Crippen molar-refractivity contribution in [1.82, 2.24) is 9.29 Å². The Morgan fingerprint density at radius 1 is 0.870 bits per heavy atom. The molecule has 0 aliphatic carbocycles. The van der Waals surface area contributed by atoms with Crippen molar-refractivity contribution in [2.45, 2.75) is 44.5 Å². The zero-order valence-electron chi connectivity index (χ0n) is 26.0. The molecule has 0 radical (unpaired) electrons. The summed E-state index contributed by atoms with van der Waals surface area (Å²) in [6.07, 6.45) is 0.354. The second kappa shape index (κ2) is 13.1. The standard InChI is InChI=1S/C38H36FN3O3S/c1-38(2,3)46(45)42-24-30-23-33(37(44)40-32-17-15-26(16-18-32)25-9-5-4-6-10-25)41-36(35(30)34(42)19-20-43)29-13-7-11-27(21-29)28-12-8-14-31(39)22-28/h4-18,21-23,34,43H,19-20,24H2,1-3H3,(H,40,44)/t34-,46-/m1/s1. The predicted molar refractivity (Wildman–Crippen MR) is 183 cm³/mol. The normalized spacial score (nSPS) is 15.4. The molecule has 2 atom stereocenters. The van der Waals surface area contributed by atoms with Crippen LogP contribution in [0.15, 0.2) is 109 Å². The number of carbonyl (C=O) groups excluding carboxylic acids is 1. The lowest BCUT2D eigenvalue weighted by Crippen LogP contribution is -2.36. The third-order valence-corrected chi connectivity index (χ3v) is 9.92. The summed E-state index contributed by atoms with van der Waals surface area (Å²) in [7, 11) is -1.39. The number of benzene rings is 4. The summed E-state index contributed by atoms with van der Waals surface area (Å²) in [4.78, 5) is 18.7. The Balaban J connectivity index is 1.42. The zero-order chi connectivity index (χ0) is 32.4. The first-order valence-corrected chi connectivity index (χ1v) is 16.4. The molecule has 1 aliphatic rings. The Bertz CT molecular complexity index is 1910. The molecule has 2 N–H and O–H groups in total. The number of nitrogens with one attached hydrogen (secondary N) is 1. The van der Waals surface area contributed by atoms with Crippen molar-refractivity contribution in [1.29, 1.82) is 0 Å². The summed E-state index contributed by atoms with van der Waals surface area (Å²) < 4.78 is 29.2. The first-order chi connectivity index (χ1) is 22.1. The number of aliphatic hydroxyl groups is 1. The fourth-order valence-corrected chi connectivity index (χ4v) is 7.29. The molecule has 0 spiro atoms. The lowest BCUT2D eigenvalue weighted by atomic mass is 9.94. The van der Waals surface area contributed by atoms with Crippen molar-refractivity contribution in [3.8, 4) is 33.5 Å². The molecule has 0 unspecified atom stereocenters. The largest absolute Gasteiger partial charge is 0.396 e. The van der Waals surface area contributed by atoms with Crippen LogP contribution in [0.25, 0.3) is 33.5 Å². The number of nitrogens with zero attached hydrogens (tertiary/aromatic N) is 2. The zero-order valence-corrected chi connectivity index (χ0v) is 26.9. The van der Waals surface area contributed by atoms with Crippen molar-refractivity contribution < 1.29 is 18.5 Å². The number of aliphatic hydroxyl groups excluding tert-OH is 1. The molecule has 0 fully saturated rings. The fourth-order valence-electron chi connectivity index (χ4n) is 5.89. The van der Waals surface area contributed by atoms with Gasteiger partial charge < -0.3 is 10.4 Å². The van der Waals surface area contributed by atoms with Crippen LogP contribution in [0.3, 0.4) is 0 Å². The van der Waals surface area contributed by atoms with E-state index in [0.717, 1.165) is 33.4 Å². The average molecular weight is 634 g/mol. The summed E-state index contributed by atoms with van der Waals surface area (Å²) in [6, 6.07) is 33.1. The maximum atomic E-state index is 14.1. The Morgan fingerprint density at radius 2 is 1.50 bits per heavy atom. The third kappa shape index (κ3) is 6.56. The van der Waals surface area contributed by atoms with E-state index in [2.05, 4.69) is 5.32 Å². The molecule has 0 saturated carbocycles. The van der Waals surface area contributed by atoms with Gasteiger partial charge in [-0.3, -0.25) is 4.79 Å². The number of pyridine rings is 1. The van der Waals surface area contributed by atoms with E-state index in [1.54, 1.807) is 12.1 Å². The van der Waals surface area contributed by atoms with Crippen LogP contribution in [-0.4, -0.2) is 35.9 Å². The number of aromatic nitrogens is 1. The SMILES string of the molecule is CC(C)(C)[S@@](=O)N1Cc2cc(C(=O)Nc3ccc(-c4ccccc4)cc3)nc(-c3cccc(-c4cccc(F)c4)c3)c2[C@H]1CCO. The minimum Gasteiger partial charge on any atom is -0.396 e. The molecule has 2 heterocycles. The number of anilines is 1. The molecule has 1 aliphatic heterocycles. The van der Waals surface area contributed by atoms with Gasteiger partial charge in [-0.2, -0.15) is 0 Å². The highest BCUT2D eigenvalue weighted by molar-refractivity contribution is 7.84. The Hall–Kier alpha value is -4.50. The van der Waals surface area contributed by atoms with E-state index >= 15 is 0 Å². The number of halogens is 1. The molecule has 0 saturated heterocycles. The number of amides is 1. The van der Waals surface area contributed by atoms with Gasteiger partial charge in [-0.05, 0) is 91.4 Å². The highest BCUT2D eigenvalue weighted by Crippen LogP contribution is 2.44. The van der Waals surface area contributed by atoms with E-state index < -0.39 is 15.7 Å². The topological polar surface area (TPSA) is 82.5 Å². The van der Waals surface area contributed by atoms with Crippen LogP contribution < -0.4 is 5.32 Å². The van der Waals surface area contributed by atoms with Crippen LogP contribution in [0.5, 0.6) is 0 Å². The molecule has 0 bridgehead atoms. The first-order valence-electron chi connectivity index (χ1n) is 15.3. The molecular formula is C38H36FN3O3S. The van der Waals surface area contributed by atoms with Crippen LogP contribution in [0.1, 0.15) is 54.8 Å². The Labute approximate surface area is 271 Å². The van der Waals surface area contributed by atoms with E-state index in [0.29, 0.717) is 29.9 Å². The maximum Gasteiger partial charge on any atom is 0.274 e. The van der Waals surface area contributed by atoms with Gasteiger partial charge in [0.2, 0.25) is 0 Å². The van der Waals surface area contributed by atoms with Crippen molar-refractivity contribution in [3.63, 3.8) is 0 Å². The molecule has 6 nitrogen and oxygen atoms in total. The quantitative estimate of drug-likeness (QED) is 0.181. The van der Waals surface area contributed by atoms with Crippen LogP contribution in [0, 0.1) is 5.82 Å². The summed E-state index contributed by atoms with van der Waals surface area (Å²) in [5.74, 6) is -0.701. The second-order valence-corrected chi connectivity index (χ2v) is 14.6. The number of rotatable bonds is 8. The summed E-state index contributed by atoms with van der Waals surface area (Å²) in [5.41, 5.74) is 7.49. The molecule has 6 rings (SSSR count). The van der Waals surface area contributed by atoms with Crippen LogP contribution in [-0.2, 0) is 17.5 Å². The van der Waals surface area contributed by atoms with E-state index in [1.165, 1.54) is 12.1 Å². The average Bonchev–Trinajstić information content (AvgIpc) is 3.42. The van der Waals surface area contributed by atoms with Crippen molar-refractivity contribution in [3.05, 3.63) is 132 Å². The smallest absolute Gasteiger partial charge is 0.274 e. The van der Waals surface area contributed by atoms with Gasteiger partial charge in [-0.25, -0.2) is 17.9 Å². The van der Waals surface area contributed by atoms with E-state index in [1.807, 2.05) is 110 Å². The van der Waals surface area contributed by atoms with E-state index in [9.17, 15) is 18.5 Å². The number of hydrogen-bond acceptors (Lipinski definition) is 4. The minimum atomic E-state index is -1.39. The van der Waals surface area contributed by atoms with Gasteiger partial charge in [-0.1, -0.05) is 72.8 Å². The van der Waals surface area contributed by atoms with Gasteiger partial charge in [-0.15, -0.1) is 0 Å². The van der Waals surface area contributed by atoms with Gasteiger partial charge >= 0.3 is 0 Å². The monoisotopic (exact) mass is 633 g/mol. The lowest BCUT2D eigenvalue weighted by Gasteiger charge is -2.30. The highest BCUT2D eigenvalue weighted by atomic mass is 32.2. The summed E-state index contributed by atoms with van der Waals surface area (Å²) in [5, 5.41) is 13.1. The van der Waals surface area contributed by atoms with Gasteiger partial charge in [0.25, 0.3) is 5.91 Å². The Kier molecular flexibility index (Phi) is 8.95. The molecule has 46 heavy (non-hydrogen) atoms. The number of hydrogen-bond donors (Lipinski definition) is 2. The van der Waals surface area contributed by atoms with Crippen LogP contribution >= 0.6 is 0 Å². The van der Waals surface area contributed by atoms with Gasteiger partial charge in [0, 0.05) is 30.0 Å². The van der Waals surface area contributed by atoms with Crippen LogP contribution in [0.4, 0.5) is 10.1 Å². The maximum absolute atomic E-state index is 14.1. The molecule has 4 aromatic carbocycles. The molecule has 5 aromatic rings. The molecule has 1 amide bonds. The second-order valence-electron chi connectivity index (χ2n) is 12.4. The van der Waals surface area contributed by atoms with Crippen molar-refractivity contribution in [2.75, 3.05) is 11.9 Å². The molecule has 8 heteroatoms. The number of fused-ring (bicyclic) bond motifs is 1. The third-order valence-electron chi connectivity index (χ3n) is 8.07. The summed E-state index contributed by atoms with van der Waals surface area (Å²) >= 11 is 0. The fraction of sp³-hybridized carbons (Fsp3) is 0.211. The minimum absolute atomic E-state index is 0.105. The van der Waals surface area contributed by atoms with Gasteiger partial charge in [0.15, 0.2) is 0 Å². The van der Waals surface area contributed by atoms with E-state index in [-0.39, 0.29) is 30.1 Å². The van der Waals surface area contributed by atoms with Crippen molar-refractivity contribution >= 4 is 22.6 Å². The first kappa shape index (κ1) is 31.5. The van der Waals surface area contributed by atoms with E-state index in [4.69, 9.17) is 4.98 Å². The highest BCUT2D eigenvalue weighted by Gasteiger charge is 2.40. The molecule has 1 aromatic heterocycles. The van der Waals surface area contributed by atoms with Gasteiger partial charge in [0.1, 0.15) is 22.5 Å².